The van der Waals surface area contributed by atoms with Crippen LogP contribution in [-0.4, -0.2) is 56.7 Å². The Morgan fingerprint density at radius 1 is 0.886 bits per heavy atom. The Morgan fingerprint density at radius 2 is 1.60 bits per heavy atom. The number of piperazine rings is 1. The predicted molar refractivity (Wildman–Crippen MR) is 139 cm³/mol. The number of fused-ring (bicyclic) bond motifs is 1. The first-order chi connectivity index (χ1) is 17.2. The van der Waals surface area contributed by atoms with E-state index in [1.54, 1.807) is 0 Å². The maximum Gasteiger partial charge on any atom is 0.222 e. The first kappa shape index (κ1) is 23.0. The second-order valence-corrected chi connectivity index (χ2v) is 9.08. The summed E-state index contributed by atoms with van der Waals surface area (Å²) in [6.07, 6.45) is 6.39. The van der Waals surface area contributed by atoms with Gasteiger partial charge in [0.1, 0.15) is 11.6 Å². The standard InChI is InChI=1S/C28H32N6O/c1-2-3-6-15-26(35)32-16-18-33(19-17-32)27-24-21-29-34(23-13-9-5-10-14-23)28(24)31-25(30-27)20-22-11-7-4-8-12-22/h4-5,7-14,21H,2-3,6,15-20H2,1H3. The molecule has 0 radical (unpaired) electrons. The lowest BCUT2D eigenvalue weighted by atomic mass is 10.1. The van der Waals surface area contributed by atoms with Crippen molar-refractivity contribution in [3.63, 3.8) is 0 Å². The van der Waals surface area contributed by atoms with Gasteiger partial charge in [0.15, 0.2) is 5.65 Å². The summed E-state index contributed by atoms with van der Waals surface area (Å²) in [6, 6.07) is 20.4. The largest absolute Gasteiger partial charge is 0.352 e. The number of carbonyl (C=O) groups is 1. The third-order valence-corrected chi connectivity index (χ3v) is 6.59. The molecule has 0 bridgehead atoms. The minimum atomic E-state index is 0.271. The van der Waals surface area contributed by atoms with Gasteiger partial charge in [-0.2, -0.15) is 5.10 Å². The van der Waals surface area contributed by atoms with Gasteiger partial charge in [0.2, 0.25) is 5.91 Å². The van der Waals surface area contributed by atoms with E-state index in [-0.39, 0.29) is 5.91 Å². The average Bonchev–Trinajstić information content (AvgIpc) is 3.33. The zero-order valence-electron chi connectivity index (χ0n) is 20.3. The first-order valence-electron chi connectivity index (χ1n) is 12.6. The predicted octanol–water partition coefficient (Wildman–Crippen LogP) is 4.64. The molecule has 3 heterocycles. The van der Waals surface area contributed by atoms with Gasteiger partial charge in [0, 0.05) is 39.0 Å². The Hall–Kier alpha value is -3.74. The van der Waals surface area contributed by atoms with Crippen molar-refractivity contribution in [1.29, 1.82) is 0 Å². The summed E-state index contributed by atoms with van der Waals surface area (Å²) in [7, 11) is 0. The molecule has 2 aromatic carbocycles. The minimum absolute atomic E-state index is 0.271. The molecule has 0 spiro atoms. The van der Waals surface area contributed by atoms with Gasteiger partial charge < -0.3 is 9.80 Å². The minimum Gasteiger partial charge on any atom is -0.352 e. The molecule has 1 amide bonds. The van der Waals surface area contributed by atoms with Crippen molar-refractivity contribution in [2.45, 2.75) is 39.0 Å². The summed E-state index contributed by atoms with van der Waals surface area (Å²) < 4.78 is 1.89. The molecule has 0 unspecified atom stereocenters. The Bertz CT molecular complexity index is 1260. The van der Waals surface area contributed by atoms with Gasteiger partial charge in [0.25, 0.3) is 0 Å². The van der Waals surface area contributed by atoms with Crippen molar-refractivity contribution in [2.24, 2.45) is 0 Å². The number of hydrogen-bond donors (Lipinski definition) is 0. The van der Waals surface area contributed by atoms with Crippen molar-refractivity contribution in [3.05, 3.63) is 78.2 Å². The van der Waals surface area contributed by atoms with Crippen LogP contribution in [0.25, 0.3) is 16.7 Å². The number of aromatic nitrogens is 4. The molecule has 2 aromatic heterocycles. The molecule has 0 aliphatic carbocycles. The maximum absolute atomic E-state index is 12.6. The number of rotatable bonds is 8. The van der Waals surface area contributed by atoms with Crippen molar-refractivity contribution in [2.75, 3.05) is 31.1 Å². The number of benzene rings is 2. The number of anilines is 1. The highest BCUT2D eigenvalue weighted by Gasteiger charge is 2.25. The Morgan fingerprint density at radius 3 is 2.31 bits per heavy atom. The van der Waals surface area contributed by atoms with Crippen LogP contribution in [0.2, 0.25) is 0 Å². The van der Waals surface area contributed by atoms with Crippen LogP contribution in [0, 0.1) is 0 Å². The second kappa shape index (κ2) is 10.7. The summed E-state index contributed by atoms with van der Waals surface area (Å²) >= 11 is 0. The van der Waals surface area contributed by atoms with Crippen LogP contribution in [-0.2, 0) is 11.2 Å². The SMILES string of the molecule is CCCCCC(=O)N1CCN(c2nc(Cc3ccccc3)nc3c2cnn3-c2ccccc2)CC1. The van der Waals surface area contributed by atoms with E-state index in [2.05, 4.69) is 29.1 Å². The topological polar surface area (TPSA) is 67.2 Å². The van der Waals surface area contributed by atoms with Gasteiger partial charge in [-0.3, -0.25) is 4.79 Å². The molecular weight excluding hydrogens is 436 g/mol. The number of carbonyl (C=O) groups excluding carboxylic acids is 1. The highest BCUT2D eigenvalue weighted by Crippen LogP contribution is 2.27. The van der Waals surface area contributed by atoms with Crippen LogP contribution in [0.4, 0.5) is 5.82 Å². The van der Waals surface area contributed by atoms with Crippen LogP contribution in [0.1, 0.15) is 44.0 Å². The molecule has 5 rings (SSSR count). The third-order valence-electron chi connectivity index (χ3n) is 6.59. The molecule has 1 aliphatic rings. The van der Waals surface area contributed by atoms with Gasteiger partial charge in [-0.05, 0) is 24.1 Å². The summed E-state index contributed by atoms with van der Waals surface area (Å²) in [5.74, 6) is 1.95. The zero-order valence-corrected chi connectivity index (χ0v) is 20.3. The molecule has 1 saturated heterocycles. The van der Waals surface area contributed by atoms with Crippen molar-refractivity contribution in [1.82, 2.24) is 24.6 Å². The van der Waals surface area contributed by atoms with E-state index in [1.165, 1.54) is 5.56 Å². The van der Waals surface area contributed by atoms with Gasteiger partial charge in [-0.1, -0.05) is 68.3 Å². The smallest absolute Gasteiger partial charge is 0.222 e. The number of para-hydroxylation sites is 1. The molecule has 35 heavy (non-hydrogen) atoms. The molecule has 0 N–H and O–H groups in total. The van der Waals surface area contributed by atoms with E-state index in [0.29, 0.717) is 12.8 Å². The zero-order chi connectivity index (χ0) is 24.0. The van der Waals surface area contributed by atoms with Gasteiger partial charge in [-0.25, -0.2) is 14.6 Å². The Balaban J connectivity index is 1.44. The van der Waals surface area contributed by atoms with Crippen LogP contribution in [0.15, 0.2) is 66.9 Å². The number of hydrogen-bond acceptors (Lipinski definition) is 5. The fraction of sp³-hybridized carbons (Fsp3) is 0.357. The van der Waals surface area contributed by atoms with Crippen molar-refractivity contribution < 1.29 is 4.79 Å². The summed E-state index contributed by atoms with van der Waals surface area (Å²) in [6.45, 7) is 5.12. The lowest BCUT2D eigenvalue weighted by Gasteiger charge is -2.35. The second-order valence-electron chi connectivity index (χ2n) is 9.08. The third kappa shape index (κ3) is 5.19. The average molecular weight is 469 g/mol. The normalized spacial score (nSPS) is 14.0. The number of nitrogens with zero attached hydrogens (tertiary/aromatic N) is 6. The summed E-state index contributed by atoms with van der Waals surface area (Å²) in [5, 5.41) is 5.62. The van der Waals surface area contributed by atoms with Gasteiger partial charge in [-0.15, -0.1) is 0 Å². The fourth-order valence-corrected chi connectivity index (χ4v) is 4.65. The maximum atomic E-state index is 12.6. The van der Waals surface area contributed by atoms with E-state index in [4.69, 9.17) is 9.97 Å². The van der Waals surface area contributed by atoms with Crippen molar-refractivity contribution in [3.8, 4) is 5.69 Å². The van der Waals surface area contributed by atoms with Crippen LogP contribution in [0.5, 0.6) is 0 Å². The Kier molecular flexibility index (Phi) is 7.02. The monoisotopic (exact) mass is 468 g/mol. The molecule has 7 nitrogen and oxygen atoms in total. The summed E-state index contributed by atoms with van der Waals surface area (Å²) in [5.41, 5.74) is 2.96. The molecule has 0 atom stereocenters. The fourth-order valence-electron chi connectivity index (χ4n) is 4.65. The highest BCUT2D eigenvalue weighted by atomic mass is 16.2. The molecule has 1 fully saturated rings. The van der Waals surface area contributed by atoms with E-state index in [1.807, 2.05) is 64.3 Å². The van der Waals surface area contributed by atoms with E-state index in [0.717, 1.165) is 73.8 Å². The van der Waals surface area contributed by atoms with Gasteiger partial charge >= 0.3 is 0 Å². The number of unbranched alkanes of at least 4 members (excludes halogenated alkanes) is 2. The van der Waals surface area contributed by atoms with Crippen LogP contribution in [0.3, 0.4) is 0 Å². The van der Waals surface area contributed by atoms with E-state index < -0.39 is 0 Å². The quantitative estimate of drug-likeness (QED) is 0.353. The lowest BCUT2D eigenvalue weighted by molar-refractivity contribution is -0.131. The van der Waals surface area contributed by atoms with Crippen LogP contribution >= 0.6 is 0 Å². The van der Waals surface area contributed by atoms with Crippen molar-refractivity contribution >= 4 is 22.8 Å². The van der Waals surface area contributed by atoms with Crippen LogP contribution < -0.4 is 4.90 Å². The Labute approximate surface area is 206 Å². The molecule has 180 valence electrons. The van der Waals surface area contributed by atoms with Gasteiger partial charge in [0.05, 0.1) is 17.3 Å². The first-order valence-corrected chi connectivity index (χ1v) is 12.6. The highest BCUT2D eigenvalue weighted by molar-refractivity contribution is 5.88. The summed E-state index contributed by atoms with van der Waals surface area (Å²) in [4.78, 5) is 26.9. The molecule has 4 aromatic rings. The molecule has 1 aliphatic heterocycles. The lowest BCUT2D eigenvalue weighted by Crippen LogP contribution is -2.49. The van der Waals surface area contributed by atoms with E-state index in [9.17, 15) is 4.79 Å². The molecular formula is C28H32N6O. The van der Waals surface area contributed by atoms with E-state index >= 15 is 0 Å². The molecule has 0 saturated carbocycles. The number of amides is 1. The molecule has 7 heteroatoms.